The summed E-state index contributed by atoms with van der Waals surface area (Å²) in [6, 6.07) is 1.62. The first kappa shape index (κ1) is 16.3. The van der Waals surface area contributed by atoms with E-state index in [0.717, 1.165) is 10.7 Å². The number of hydrogen-bond donors (Lipinski definition) is 1. The van der Waals surface area contributed by atoms with Gasteiger partial charge in [0, 0.05) is 11.6 Å². The Kier molecular flexibility index (Phi) is 5.40. The zero-order chi connectivity index (χ0) is 16.0. The van der Waals surface area contributed by atoms with Crippen molar-refractivity contribution in [2.45, 2.75) is 39.6 Å². The third-order valence-corrected chi connectivity index (χ3v) is 3.28. The van der Waals surface area contributed by atoms with Crippen LogP contribution in [0.2, 0.25) is 0 Å². The summed E-state index contributed by atoms with van der Waals surface area (Å²) >= 11 is 1.52. The Morgan fingerprint density at radius 2 is 2.23 bits per heavy atom. The van der Waals surface area contributed by atoms with Crippen LogP contribution in [0.15, 0.2) is 27.6 Å². The van der Waals surface area contributed by atoms with Crippen LogP contribution in [0.5, 0.6) is 0 Å². The lowest BCUT2D eigenvalue weighted by molar-refractivity contribution is -0.0151. The molecule has 0 aliphatic heterocycles. The van der Waals surface area contributed by atoms with Crippen molar-refractivity contribution in [3.63, 3.8) is 0 Å². The van der Waals surface area contributed by atoms with Crippen molar-refractivity contribution in [1.82, 2.24) is 15.0 Å². The van der Waals surface area contributed by atoms with Crippen LogP contribution in [0.3, 0.4) is 0 Å². The zero-order valence-corrected chi connectivity index (χ0v) is 13.5. The molecule has 0 aliphatic carbocycles. The molecule has 0 aliphatic rings. The second-order valence-electron chi connectivity index (χ2n) is 5.47. The average Bonchev–Trinajstić information content (AvgIpc) is 2.89. The zero-order valence-electron chi connectivity index (χ0n) is 12.7. The van der Waals surface area contributed by atoms with Crippen molar-refractivity contribution in [1.29, 1.82) is 0 Å². The molecule has 1 N–H and O–H groups in total. The van der Waals surface area contributed by atoms with Gasteiger partial charge in [-0.15, -0.1) is 11.3 Å². The first-order valence-electron chi connectivity index (χ1n) is 6.70. The van der Waals surface area contributed by atoms with Gasteiger partial charge in [0.25, 0.3) is 0 Å². The molecule has 0 unspecified atom stereocenters. The van der Waals surface area contributed by atoms with Crippen molar-refractivity contribution in [2.75, 3.05) is 0 Å². The summed E-state index contributed by atoms with van der Waals surface area (Å²) in [6.07, 6.45) is 2.82. The quantitative estimate of drug-likeness (QED) is 0.650. The number of nitrogens with zero attached hydrogens (tertiary/aromatic N) is 3. The fourth-order valence-electron chi connectivity index (χ4n) is 1.42. The molecular weight excluding hydrogens is 304 g/mol. The van der Waals surface area contributed by atoms with E-state index >= 15 is 0 Å². The van der Waals surface area contributed by atoms with Crippen molar-refractivity contribution >= 4 is 17.6 Å². The van der Waals surface area contributed by atoms with E-state index in [4.69, 9.17) is 9.57 Å². The minimum Gasteiger partial charge on any atom is -0.389 e. The Morgan fingerprint density at radius 1 is 1.41 bits per heavy atom. The van der Waals surface area contributed by atoms with Gasteiger partial charge in [0.1, 0.15) is 5.01 Å². The van der Waals surface area contributed by atoms with Gasteiger partial charge >= 0.3 is 5.69 Å². The lowest BCUT2D eigenvalue weighted by Crippen LogP contribution is -2.18. The summed E-state index contributed by atoms with van der Waals surface area (Å²) in [7, 11) is 0. The molecule has 2 heterocycles. The molecule has 0 aromatic carbocycles. The van der Waals surface area contributed by atoms with Gasteiger partial charge in [0.05, 0.1) is 29.8 Å². The summed E-state index contributed by atoms with van der Waals surface area (Å²) in [4.78, 5) is 26.6. The monoisotopic (exact) mass is 322 g/mol. The van der Waals surface area contributed by atoms with Crippen molar-refractivity contribution in [3.05, 3.63) is 44.5 Å². The number of oxime groups is 1. The van der Waals surface area contributed by atoms with Crippen molar-refractivity contribution in [3.8, 4) is 0 Å². The minimum atomic E-state index is -0.424. The molecule has 0 amide bonds. The van der Waals surface area contributed by atoms with Crippen LogP contribution in [0.1, 0.15) is 37.2 Å². The highest BCUT2D eigenvalue weighted by molar-refractivity contribution is 7.09. The van der Waals surface area contributed by atoms with Gasteiger partial charge in [-0.25, -0.2) is 14.8 Å². The normalized spacial score (nSPS) is 12.0. The Morgan fingerprint density at radius 3 is 2.95 bits per heavy atom. The number of aromatic amines is 1. The predicted molar refractivity (Wildman–Crippen MR) is 83.9 cm³/mol. The van der Waals surface area contributed by atoms with Crippen LogP contribution in [-0.2, 0) is 22.8 Å². The summed E-state index contributed by atoms with van der Waals surface area (Å²) < 4.78 is 5.66. The van der Waals surface area contributed by atoms with E-state index in [1.54, 1.807) is 6.07 Å². The molecule has 118 valence electrons. The first-order valence-corrected chi connectivity index (χ1v) is 7.58. The molecule has 0 bridgehead atoms. The number of thiazole rings is 1. The largest absolute Gasteiger partial charge is 0.389 e. The third-order valence-electron chi connectivity index (χ3n) is 2.40. The Bertz CT molecular complexity index is 688. The van der Waals surface area contributed by atoms with Crippen molar-refractivity contribution < 1.29 is 9.57 Å². The molecule has 0 saturated carbocycles. The van der Waals surface area contributed by atoms with E-state index in [2.05, 4.69) is 20.1 Å². The molecule has 2 aromatic heterocycles. The molecule has 2 aromatic rings. The highest BCUT2D eigenvalue weighted by atomic mass is 32.1. The van der Waals surface area contributed by atoms with E-state index in [-0.39, 0.29) is 12.2 Å². The molecule has 8 heteroatoms. The standard InChI is InChI=1S/C14H18N4O3S/c1-14(2,3)20-8-12-17-11(9-22-12)7-21-16-6-10-4-5-15-13(19)18-10/h4-6,9H,7-8H2,1-3H3,(H,15,18,19)/b16-6+. The number of ether oxygens (including phenoxy) is 1. The SMILES string of the molecule is CC(C)(C)OCc1nc(CO/N=C/c2ccnc(=O)[nH]2)cs1. The summed E-state index contributed by atoms with van der Waals surface area (Å²) in [5.41, 5.74) is 0.705. The van der Waals surface area contributed by atoms with Gasteiger partial charge in [-0.1, -0.05) is 5.16 Å². The van der Waals surface area contributed by atoms with Gasteiger partial charge < -0.3 is 14.6 Å². The summed E-state index contributed by atoms with van der Waals surface area (Å²) in [5.74, 6) is 0. The fourth-order valence-corrected chi connectivity index (χ4v) is 2.10. The number of rotatable bonds is 6. The highest BCUT2D eigenvalue weighted by Crippen LogP contribution is 2.16. The van der Waals surface area contributed by atoms with E-state index < -0.39 is 5.69 Å². The lowest BCUT2D eigenvalue weighted by Gasteiger charge is -2.18. The fraction of sp³-hybridized carbons (Fsp3) is 0.429. The van der Waals surface area contributed by atoms with Crippen molar-refractivity contribution in [2.24, 2.45) is 5.16 Å². The molecule has 0 spiro atoms. The molecule has 22 heavy (non-hydrogen) atoms. The van der Waals surface area contributed by atoms with E-state index in [1.807, 2.05) is 26.2 Å². The Labute approximate surface area is 132 Å². The molecule has 7 nitrogen and oxygen atoms in total. The molecule has 2 rings (SSSR count). The Hall–Kier alpha value is -2.06. The maximum absolute atomic E-state index is 11.0. The lowest BCUT2D eigenvalue weighted by atomic mass is 10.2. The summed E-state index contributed by atoms with van der Waals surface area (Å²) in [5, 5.41) is 6.59. The molecule has 0 atom stereocenters. The Balaban J connectivity index is 1.80. The van der Waals surface area contributed by atoms with Crippen LogP contribution in [0.4, 0.5) is 0 Å². The van der Waals surface area contributed by atoms with Crippen LogP contribution in [0.25, 0.3) is 0 Å². The van der Waals surface area contributed by atoms with E-state index in [0.29, 0.717) is 12.3 Å². The van der Waals surface area contributed by atoms with E-state index in [9.17, 15) is 4.79 Å². The maximum Gasteiger partial charge on any atom is 0.345 e. The maximum atomic E-state index is 11.0. The van der Waals surface area contributed by atoms with Crippen LogP contribution < -0.4 is 5.69 Å². The second-order valence-corrected chi connectivity index (χ2v) is 6.41. The van der Waals surface area contributed by atoms with Gasteiger partial charge in [0.2, 0.25) is 0 Å². The highest BCUT2D eigenvalue weighted by Gasteiger charge is 2.11. The smallest absolute Gasteiger partial charge is 0.345 e. The van der Waals surface area contributed by atoms with E-state index in [1.165, 1.54) is 23.7 Å². The third kappa shape index (κ3) is 5.74. The summed E-state index contributed by atoms with van der Waals surface area (Å²) in [6.45, 7) is 6.75. The first-order chi connectivity index (χ1) is 10.4. The molecular formula is C14H18N4O3S. The second kappa shape index (κ2) is 7.28. The van der Waals surface area contributed by atoms with Gasteiger partial charge in [-0.3, -0.25) is 0 Å². The number of aromatic nitrogens is 3. The molecule has 0 radical (unpaired) electrons. The van der Waals surface area contributed by atoms with Gasteiger partial charge in [-0.05, 0) is 26.8 Å². The number of hydrogen-bond acceptors (Lipinski definition) is 7. The van der Waals surface area contributed by atoms with Gasteiger partial charge in [0.15, 0.2) is 6.61 Å². The number of nitrogens with one attached hydrogen (secondary N) is 1. The number of H-pyrrole nitrogens is 1. The predicted octanol–water partition coefficient (Wildman–Crippen LogP) is 2.09. The van der Waals surface area contributed by atoms with Crippen LogP contribution >= 0.6 is 11.3 Å². The van der Waals surface area contributed by atoms with Gasteiger partial charge in [-0.2, -0.15) is 0 Å². The van der Waals surface area contributed by atoms with Crippen LogP contribution in [-0.4, -0.2) is 26.8 Å². The van der Waals surface area contributed by atoms with Crippen LogP contribution in [0, 0.1) is 0 Å². The molecule has 0 saturated heterocycles. The minimum absolute atomic E-state index is 0.186. The molecule has 0 fully saturated rings. The topological polar surface area (TPSA) is 89.5 Å². The average molecular weight is 322 g/mol.